The average Bonchev–Trinajstić information content (AvgIpc) is 3.43. The van der Waals surface area contributed by atoms with Gasteiger partial charge in [-0.15, -0.1) is 0 Å². The molecule has 5 rings (SSSR count). The highest BCUT2D eigenvalue weighted by Crippen LogP contribution is 2.25. The van der Waals surface area contributed by atoms with E-state index < -0.39 is 5.82 Å². The van der Waals surface area contributed by atoms with Crippen molar-refractivity contribution in [1.29, 1.82) is 0 Å². The molecule has 0 saturated carbocycles. The number of nitrogens with zero attached hydrogens (tertiary/aromatic N) is 5. The number of rotatable bonds is 8. The molecule has 8 nitrogen and oxygen atoms in total. The molecule has 172 valence electrons. The smallest absolute Gasteiger partial charge is 0.227 e. The van der Waals surface area contributed by atoms with E-state index in [1.807, 2.05) is 19.1 Å². The highest BCUT2D eigenvalue weighted by molar-refractivity contribution is 5.84. The number of nitrogens with one attached hydrogen (secondary N) is 2. The zero-order valence-corrected chi connectivity index (χ0v) is 18.8. The van der Waals surface area contributed by atoms with E-state index in [0.717, 1.165) is 46.9 Å². The summed E-state index contributed by atoms with van der Waals surface area (Å²) in [6.45, 7) is 7.05. The number of aryl methyl sites for hydroxylation is 1. The SMILES string of the molecule is C=C(C)c1cnn2c(NCCCc3[nH]c4ccccc4c3CN)nc(-c3cncc(F)c3)nc12. The van der Waals surface area contributed by atoms with Crippen LogP contribution in [0.4, 0.5) is 10.3 Å². The van der Waals surface area contributed by atoms with Crippen LogP contribution in [-0.4, -0.2) is 36.1 Å². The summed E-state index contributed by atoms with van der Waals surface area (Å²) < 4.78 is 15.4. The molecule has 9 heteroatoms. The van der Waals surface area contributed by atoms with Crippen molar-refractivity contribution < 1.29 is 4.39 Å². The molecule has 0 spiro atoms. The third-order valence-electron chi connectivity index (χ3n) is 5.78. The predicted octanol–water partition coefficient (Wildman–Crippen LogP) is 4.34. The first-order valence-electron chi connectivity index (χ1n) is 11.1. The lowest BCUT2D eigenvalue weighted by Crippen LogP contribution is -2.12. The second-order valence-electron chi connectivity index (χ2n) is 8.20. The largest absolute Gasteiger partial charge is 0.358 e. The van der Waals surface area contributed by atoms with Gasteiger partial charge in [0.1, 0.15) is 5.82 Å². The van der Waals surface area contributed by atoms with E-state index in [1.54, 1.807) is 16.9 Å². The molecule has 4 N–H and O–H groups in total. The molecule has 5 aromatic rings. The zero-order valence-electron chi connectivity index (χ0n) is 18.8. The average molecular weight is 457 g/mol. The summed E-state index contributed by atoms with van der Waals surface area (Å²) in [5, 5.41) is 8.98. The molecular weight excluding hydrogens is 431 g/mol. The Morgan fingerprint density at radius 2 is 2.06 bits per heavy atom. The van der Waals surface area contributed by atoms with E-state index in [1.165, 1.54) is 11.5 Å². The maximum absolute atomic E-state index is 13.8. The van der Waals surface area contributed by atoms with E-state index >= 15 is 0 Å². The van der Waals surface area contributed by atoms with Crippen molar-refractivity contribution in [2.75, 3.05) is 11.9 Å². The van der Waals surface area contributed by atoms with Gasteiger partial charge < -0.3 is 16.0 Å². The number of hydrogen-bond acceptors (Lipinski definition) is 6. The van der Waals surface area contributed by atoms with Gasteiger partial charge in [-0.3, -0.25) is 4.98 Å². The van der Waals surface area contributed by atoms with Gasteiger partial charge >= 0.3 is 0 Å². The van der Waals surface area contributed by atoms with Crippen LogP contribution in [0.2, 0.25) is 0 Å². The Bertz CT molecular complexity index is 1500. The van der Waals surface area contributed by atoms with Crippen molar-refractivity contribution in [3.8, 4) is 11.4 Å². The highest BCUT2D eigenvalue weighted by atomic mass is 19.1. The van der Waals surface area contributed by atoms with Crippen LogP contribution in [0.15, 0.2) is 55.5 Å². The number of para-hydroxylation sites is 1. The Hall–Kier alpha value is -4.11. The lowest BCUT2D eigenvalue weighted by Gasteiger charge is -2.10. The van der Waals surface area contributed by atoms with Crippen LogP contribution < -0.4 is 11.1 Å². The second kappa shape index (κ2) is 9.03. The van der Waals surface area contributed by atoms with Crippen molar-refractivity contribution in [3.05, 3.63) is 78.1 Å². The number of hydrogen-bond donors (Lipinski definition) is 3. The Kier molecular flexibility index (Phi) is 5.77. The predicted molar refractivity (Wildman–Crippen MR) is 132 cm³/mol. The fourth-order valence-electron chi connectivity index (χ4n) is 4.12. The fraction of sp³-hybridized carbons (Fsp3) is 0.200. The first kappa shape index (κ1) is 21.7. The number of halogens is 1. The molecule has 0 aliphatic rings. The number of pyridine rings is 1. The summed E-state index contributed by atoms with van der Waals surface area (Å²) in [4.78, 5) is 16.6. The summed E-state index contributed by atoms with van der Waals surface area (Å²) in [5.41, 5.74) is 12.2. The zero-order chi connectivity index (χ0) is 23.7. The van der Waals surface area contributed by atoms with Gasteiger partial charge in [0.25, 0.3) is 0 Å². The summed E-state index contributed by atoms with van der Waals surface area (Å²) in [5.74, 6) is 0.441. The molecule has 0 radical (unpaired) electrons. The Labute approximate surface area is 195 Å². The van der Waals surface area contributed by atoms with Gasteiger partial charge in [-0.05, 0) is 43.0 Å². The fourth-order valence-corrected chi connectivity index (χ4v) is 4.12. The van der Waals surface area contributed by atoms with Gasteiger partial charge in [0.15, 0.2) is 11.5 Å². The number of benzene rings is 1. The normalized spacial score (nSPS) is 11.4. The van der Waals surface area contributed by atoms with Gasteiger partial charge in [0.2, 0.25) is 5.95 Å². The van der Waals surface area contributed by atoms with Crippen LogP contribution in [0.25, 0.3) is 33.5 Å². The topological polar surface area (TPSA) is 110 Å². The van der Waals surface area contributed by atoms with Crippen molar-refractivity contribution >= 4 is 28.1 Å². The summed E-state index contributed by atoms with van der Waals surface area (Å²) in [6, 6.07) is 9.56. The van der Waals surface area contributed by atoms with E-state index in [-0.39, 0.29) is 0 Å². The van der Waals surface area contributed by atoms with Crippen LogP contribution in [0, 0.1) is 5.82 Å². The monoisotopic (exact) mass is 456 g/mol. The molecule has 1 aromatic carbocycles. The molecule has 0 fully saturated rings. The van der Waals surface area contributed by atoms with Crippen LogP contribution in [0.1, 0.15) is 30.2 Å². The number of aromatic nitrogens is 6. The van der Waals surface area contributed by atoms with E-state index in [4.69, 9.17) is 5.73 Å². The number of H-pyrrole nitrogens is 1. The molecule has 0 saturated heterocycles. The number of fused-ring (bicyclic) bond motifs is 2. The van der Waals surface area contributed by atoms with Gasteiger partial charge in [-0.2, -0.15) is 14.6 Å². The summed E-state index contributed by atoms with van der Waals surface area (Å²) in [7, 11) is 0. The quantitative estimate of drug-likeness (QED) is 0.300. The molecule has 0 amide bonds. The third kappa shape index (κ3) is 4.01. The summed E-state index contributed by atoms with van der Waals surface area (Å²) >= 11 is 0. The summed E-state index contributed by atoms with van der Waals surface area (Å²) in [6.07, 6.45) is 6.08. The molecule has 34 heavy (non-hydrogen) atoms. The van der Waals surface area contributed by atoms with E-state index in [0.29, 0.717) is 36.1 Å². The minimum atomic E-state index is -0.446. The molecular formula is C25H25FN8. The molecule has 0 bridgehead atoms. The van der Waals surface area contributed by atoms with Gasteiger partial charge in [-0.25, -0.2) is 9.37 Å². The number of anilines is 1. The van der Waals surface area contributed by atoms with Crippen molar-refractivity contribution in [3.63, 3.8) is 0 Å². The molecule has 0 aliphatic heterocycles. The maximum Gasteiger partial charge on any atom is 0.227 e. The maximum atomic E-state index is 13.8. The number of nitrogens with two attached hydrogens (primary N) is 1. The number of aromatic amines is 1. The van der Waals surface area contributed by atoms with Gasteiger partial charge in [0, 0.05) is 47.0 Å². The molecule has 0 atom stereocenters. The van der Waals surface area contributed by atoms with Gasteiger partial charge in [-0.1, -0.05) is 24.8 Å². The minimum absolute atomic E-state index is 0.367. The Morgan fingerprint density at radius 1 is 1.21 bits per heavy atom. The van der Waals surface area contributed by atoms with Crippen molar-refractivity contribution in [1.82, 2.24) is 29.5 Å². The van der Waals surface area contributed by atoms with Crippen LogP contribution in [-0.2, 0) is 13.0 Å². The van der Waals surface area contributed by atoms with Gasteiger partial charge in [0.05, 0.1) is 12.4 Å². The first-order chi connectivity index (χ1) is 16.5. The lowest BCUT2D eigenvalue weighted by atomic mass is 10.1. The molecule has 4 aromatic heterocycles. The van der Waals surface area contributed by atoms with Crippen LogP contribution in [0.3, 0.4) is 0 Å². The van der Waals surface area contributed by atoms with Crippen molar-refractivity contribution in [2.45, 2.75) is 26.3 Å². The first-order valence-corrected chi connectivity index (χ1v) is 11.1. The lowest BCUT2D eigenvalue weighted by molar-refractivity contribution is 0.622. The van der Waals surface area contributed by atoms with Crippen LogP contribution in [0.5, 0.6) is 0 Å². The third-order valence-corrected chi connectivity index (χ3v) is 5.78. The Balaban J connectivity index is 1.40. The second-order valence-corrected chi connectivity index (χ2v) is 8.20. The van der Waals surface area contributed by atoms with E-state index in [2.05, 4.69) is 49.1 Å². The van der Waals surface area contributed by atoms with E-state index in [9.17, 15) is 4.39 Å². The van der Waals surface area contributed by atoms with Crippen molar-refractivity contribution in [2.24, 2.45) is 5.73 Å². The Morgan fingerprint density at radius 3 is 2.85 bits per heavy atom. The highest BCUT2D eigenvalue weighted by Gasteiger charge is 2.15. The standard InChI is InChI=1S/C25H25FN8/c1-15(2)20-14-30-34-24(20)32-23(16-10-17(26)13-28-12-16)33-25(34)29-9-5-8-22-19(11-27)18-6-3-4-7-21(18)31-22/h3-4,6-7,10,12-14,31H,1,5,8-9,11,27H2,2H3,(H,29,32,33). The molecule has 0 unspecified atom stereocenters. The molecule has 0 aliphatic carbocycles. The molecule has 4 heterocycles. The number of allylic oxidation sites excluding steroid dienone is 1. The minimum Gasteiger partial charge on any atom is -0.358 e. The van der Waals surface area contributed by atoms with Crippen LogP contribution >= 0.6 is 0 Å².